The number of fused-ring (bicyclic) bond motifs is 1. The van der Waals surface area contributed by atoms with E-state index in [0.717, 1.165) is 4.57 Å². The molecule has 0 aromatic carbocycles. The Labute approximate surface area is 251 Å². The lowest BCUT2D eigenvalue weighted by atomic mass is 10.1. The molecule has 9 N–H and O–H groups in total. The van der Waals surface area contributed by atoms with Crippen molar-refractivity contribution in [2.45, 2.75) is 49.4 Å². The number of rotatable bonds is 11. The third kappa shape index (κ3) is 7.07. The van der Waals surface area contributed by atoms with Crippen molar-refractivity contribution in [2.24, 2.45) is 0 Å². The average Bonchev–Trinajstić information content (AvgIpc) is 3.60. The standard InChI is InChI=1S/C20H28N8O13P2S/c1-36-14-13(41-43(35,44)38-5-8-4-9(29)17(39-8)27-3-2-11(21)24-20(27)31)10(6-37-42(32,33)34)40-18(14)28-7-23-12-15(28)25-19(22)26-16(12)30/h2-3,7-10,13-14,17-18,29H,4-6H2,1H3,(H,35,44)(H2,21,24,31)(H2,32,33,34)(H3,22,25,26,30)/t8-,9+,10+,13?,14+,17+,18+,43?/m0/s1. The number of anilines is 2. The Hall–Kier alpha value is -2.69. The van der Waals surface area contributed by atoms with Crippen LogP contribution in [0.2, 0.25) is 0 Å². The summed E-state index contributed by atoms with van der Waals surface area (Å²) in [5.74, 6) is -0.229. The smallest absolute Gasteiger partial charge is 0.388 e. The number of methoxy groups -OCH3 is 1. The van der Waals surface area contributed by atoms with Crippen LogP contribution in [0.25, 0.3) is 11.2 Å². The Kier molecular flexibility index (Phi) is 9.36. The monoisotopic (exact) mass is 682 g/mol. The third-order valence-corrected chi connectivity index (χ3v) is 8.70. The molecule has 0 saturated carbocycles. The molecule has 8 atom stereocenters. The molecule has 21 nitrogen and oxygen atoms in total. The van der Waals surface area contributed by atoms with Gasteiger partial charge in [0, 0.05) is 19.7 Å². The first-order chi connectivity index (χ1) is 20.7. The summed E-state index contributed by atoms with van der Waals surface area (Å²) in [4.78, 5) is 67.9. The van der Waals surface area contributed by atoms with Gasteiger partial charge in [-0.05, 0) is 17.9 Å². The Bertz CT molecular complexity index is 1730. The quantitative estimate of drug-likeness (QED) is 0.106. The van der Waals surface area contributed by atoms with Gasteiger partial charge in [0.1, 0.15) is 30.2 Å². The van der Waals surface area contributed by atoms with E-state index in [-0.39, 0.29) is 36.0 Å². The first-order valence-corrected chi connectivity index (χ1v) is 16.7. The van der Waals surface area contributed by atoms with Crippen molar-refractivity contribution >= 4 is 49.3 Å². The summed E-state index contributed by atoms with van der Waals surface area (Å²) in [6, 6.07) is 1.36. The number of nitrogens with two attached hydrogens (primary N) is 2. The summed E-state index contributed by atoms with van der Waals surface area (Å²) in [5.41, 5.74) is 9.71. The van der Waals surface area contributed by atoms with E-state index in [9.17, 15) is 33.9 Å². The lowest BCUT2D eigenvalue weighted by Crippen LogP contribution is -2.37. The first kappa shape index (κ1) is 32.7. The van der Waals surface area contributed by atoms with E-state index in [1.54, 1.807) is 0 Å². The molecule has 0 amide bonds. The second kappa shape index (κ2) is 12.6. The van der Waals surface area contributed by atoms with E-state index >= 15 is 0 Å². The molecule has 0 radical (unpaired) electrons. The molecule has 24 heteroatoms. The molecule has 0 bridgehead atoms. The Morgan fingerprint density at radius 3 is 2.55 bits per heavy atom. The SMILES string of the molecule is CO[C@@H]1C(OP(O)(=S)OC[C@@H]2C[C@@H](O)[C@H](n3ccc(N)nc3=O)O2)[C@@H](COP(=O)(O)O)O[C@H]1n1cnc2c(=O)[nH]c(N)nc21. The third-order valence-electron chi connectivity index (χ3n) is 6.66. The maximum absolute atomic E-state index is 12.3. The Morgan fingerprint density at radius 1 is 1.11 bits per heavy atom. The number of H-pyrrole nitrogens is 1. The number of aromatic nitrogens is 6. The van der Waals surface area contributed by atoms with Crippen LogP contribution in [0.4, 0.5) is 11.8 Å². The molecular weight excluding hydrogens is 654 g/mol. The van der Waals surface area contributed by atoms with Crippen LogP contribution >= 0.6 is 14.5 Å². The van der Waals surface area contributed by atoms with E-state index in [2.05, 4.69) is 24.5 Å². The first-order valence-electron chi connectivity index (χ1n) is 12.6. The summed E-state index contributed by atoms with van der Waals surface area (Å²) >= 11 is 5.19. The number of hydrogen-bond acceptors (Lipinski definition) is 16. The number of ether oxygens (including phenoxy) is 3. The minimum absolute atomic E-state index is 0.00445. The second-order valence-corrected chi connectivity index (χ2v) is 13.7. The normalized spacial score (nSPS) is 28.9. The number of nitrogens with zero attached hydrogens (tertiary/aromatic N) is 5. The molecule has 2 saturated heterocycles. The number of hydrogen-bond donors (Lipinski definition) is 7. The van der Waals surface area contributed by atoms with Gasteiger partial charge in [0.05, 0.1) is 25.6 Å². The van der Waals surface area contributed by atoms with Crippen LogP contribution in [0, 0.1) is 0 Å². The van der Waals surface area contributed by atoms with E-state index < -0.39 is 75.4 Å². The molecule has 5 heterocycles. The molecule has 0 spiro atoms. The molecule has 242 valence electrons. The Morgan fingerprint density at radius 2 is 1.86 bits per heavy atom. The van der Waals surface area contributed by atoms with Gasteiger partial charge in [0.2, 0.25) is 5.95 Å². The van der Waals surface area contributed by atoms with Crippen molar-refractivity contribution < 1.29 is 52.1 Å². The lowest BCUT2D eigenvalue weighted by molar-refractivity contribution is -0.0578. The zero-order chi connectivity index (χ0) is 32.0. The molecule has 2 aliphatic heterocycles. The van der Waals surface area contributed by atoms with Crippen LogP contribution in [-0.2, 0) is 44.2 Å². The molecule has 3 aromatic heterocycles. The average molecular weight is 683 g/mol. The van der Waals surface area contributed by atoms with E-state index in [0.29, 0.717) is 0 Å². The second-order valence-electron chi connectivity index (χ2n) is 9.66. The van der Waals surface area contributed by atoms with Crippen molar-refractivity contribution in [3.63, 3.8) is 0 Å². The molecular formula is C20H28N8O13P2S. The molecule has 3 aromatic rings. The van der Waals surface area contributed by atoms with E-state index in [1.807, 2.05) is 0 Å². The molecule has 44 heavy (non-hydrogen) atoms. The number of phosphoric acid groups is 1. The van der Waals surface area contributed by atoms with Gasteiger partial charge < -0.3 is 50.0 Å². The molecule has 0 aliphatic carbocycles. The van der Waals surface area contributed by atoms with Crippen LogP contribution < -0.4 is 22.7 Å². The number of aliphatic hydroxyl groups excluding tert-OH is 1. The van der Waals surface area contributed by atoms with E-state index in [4.69, 9.17) is 46.5 Å². The highest BCUT2D eigenvalue weighted by molar-refractivity contribution is 8.07. The van der Waals surface area contributed by atoms with E-state index in [1.165, 1.54) is 30.3 Å². The molecule has 5 rings (SSSR count). The van der Waals surface area contributed by atoms with Crippen LogP contribution in [0.15, 0.2) is 28.2 Å². The fraction of sp³-hybridized carbons (Fsp3) is 0.550. The minimum atomic E-state index is -4.98. The van der Waals surface area contributed by atoms with Gasteiger partial charge in [0.25, 0.3) is 5.56 Å². The predicted molar refractivity (Wildman–Crippen MR) is 150 cm³/mol. The highest BCUT2D eigenvalue weighted by Gasteiger charge is 2.50. The zero-order valence-electron chi connectivity index (χ0n) is 22.6. The minimum Gasteiger partial charge on any atom is -0.388 e. The predicted octanol–water partition coefficient (Wildman–Crippen LogP) is -2.17. The van der Waals surface area contributed by atoms with Crippen LogP contribution in [-0.4, -0.2) is 99.7 Å². The lowest BCUT2D eigenvalue weighted by Gasteiger charge is -2.27. The number of phosphoric ester groups is 1. The van der Waals surface area contributed by atoms with Gasteiger partial charge in [-0.3, -0.25) is 28.0 Å². The van der Waals surface area contributed by atoms with Gasteiger partial charge in [-0.25, -0.2) is 14.3 Å². The summed E-state index contributed by atoms with van der Waals surface area (Å²) in [5, 5.41) is 10.5. The van der Waals surface area contributed by atoms with Gasteiger partial charge >= 0.3 is 20.2 Å². The van der Waals surface area contributed by atoms with Crippen LogP contribution in [0.1, 0.15) is 18.9 Å². The number of nitrogens with one attached hydrogen (secondary N) is 1. The van der Waals surface area contributed by atoms with Crippen molar-refractivity contribution in [2.75, 3.05) is 31.8 Å². The summed E-state index contributed by atoms with van der Waals surface area (Å²) in [7, 11) is -3.72. The fourth-order valence-corrected chi connectivity index (χ4v) is 6.61. The van der Waals surface area contributed by atoms with Crippen molar-refractivity contribution in [3.8, 4) is 0 Å². The topological polar surface area (TPSA) is 304 Å². The molecule has 2 unspecified atom stereocenters. The van der Waals surface area contributed by atoms with Gasteiger partial charge in [-0.2, -0.15) is 9.97 Å². The van der Waals surface area contributed by atoms with Gasteiger partial charge in [-0.1, -0.05) is 0 Å². The highest BCUT2D eigenvalue weighted by Crippen LogP contribution is 2.50. The van der Waals surface area contributed by atoms with Crippen molar-refractivity contribution in [1.82, 2.24) is 29.1 Å². The molecule has 2 aliphatic rings. The van der Waals surface area contributed by atoms with Gasteiger partial charge in [-0.15, -0.1) is 0 Å². The summed E-state index contributed by atoms with van der Waals surface area (Å²) in [6.07, 6.45) is -5.60. The van der Waals surface area contributed by atoms with Crippen LogP contribution in [0.5, 0.6) is 0 Å². The van der Waals surface area contributed by atoms with Crippen molar-refractivity contribution in [1.29, 1.82) is 0 Å². The van der Waals surface area contributed by atoms with Crippen LogP contribution in [0.3, 0.4) is 0 Å². The largest absolute Gasteiger partial charge is 0.469 e. The Balaban J connectivity index is 1.33. The number of nitrogen functional groups attached to an aromatic ring is 2. The maximum Gasteiger partial charge on any atom is 0.469 e. The highest BCUT2D eigenvalue weighted by atomic mass is 32.5. The number of aliphatic hydroxyl groups is 1. The number of aromatic amines is 1. The maximum atomic E-state index is 12.3. The van der Waals surface area contributed by atoms with Gasteiger partial charge in [0.15, 0.2) is 23.6 Å². The molecule has 2 fully saturated rings. The fourth-order valence-electron chi connectivity index (χ4n) is 4.81. The zero-order valence-corrected chi connectivity index (χ0v) is 25.2. The van der Waals surface area contributed by atoms with Crippen molar-refractivity contribution in [3.05, 3.63) is 39.4 Å². The number of imidazole rings is 1. The summed E-state index contributed by atoms with van der Waals surface area (Å²) in [6.45, 7) is -5.31. The summed E-state index contributed by atoms with van der Waals surface area (Å²) < 4.78 is 46.8.